The Morgan fingerprint density at radius 3 is 2.73 bits per heavy atom. The molecule has 86 valence electrons. The summed E-state index contributed by atoms with van der Waals surface area (Å²) < 4.78 is 0. The number of rotatable bonds is 3. The number of aliphatic hydroxyl groups is 1. The molecule has 0 spiro atoms. The molecule has 1 aliphatic rings. The Kier molecular flexibility index (Phi) is 3.72. The third-order valence-corrected chi connectivity index (χ3v) is 3.77. The lowest BCUT2D eigenvalue weighted by atomic mass is 9.63. The number of aliphatic hydroxyl groups excluding tert-OH is 1. The van der Waals surface area contributed by atoms with Crippen LogP contribution in [0.4, 0.5) is 0 Å². The monoisotopic (exact) mass is 210 g/mol. The Balaban J connectivity index is 2.72. The SMILES string of the molecule is C=C1CC[C@H](O)C(C)(C)[C@@H]1CCC(C)=O. The van der Waals surface area contributed by atoms with Crippen molar-refractivity contribution in [2.45, 2.75) is 52.6 Å². The number of ketones is 1. The summed E-state index contributed by atoms with van der Waals surface area (Å²) in [6.07, 6.45) is 2.87. The first-order valence-corrected chi connectivity index (χ1v) is 5.71. The van der Waals surface area contributed by atoms with Crippen molar-refractivity contribution in [2.75, 3.05) is 0 Å². The van der Waals surface area contributed by atoms with Crippen LogP contribution in [-0.2, 0) is 4.79 Å². The van der Waals surface area contributed by atoms with Crippen LogP contribution in [0.3, 0.4) is 0 Å². The van der Waals surface area contributed by atoms with Crippen LogP contribution < -0.4 is 0 Å². The second kappa shape index (κ2) is 4.48. The minimum atomic E-state index is -0.264. The smallest absolute Gasteiger partial charge is 0.129 e. The number of Topliss-reactive ketones (excluding diaryl/α,β-unsaturated/α-hetero) is 1. The Morgan fingerprint density at radius 2 is 2.20 bits per heavy atom. The first kappa shape index (κ1) is 12.4. The zero-order valence-corrected chi connectivity index (χ0v) is 10.0. The van der Waals surface area contributed by atoms with Gasteiger partial charge in [-0.05, 0) is 37.5 Å². The van der Waals surface area contributed by atoms with Gasteiger partial charge in [0, 0.05) is 6.42 Å². The lowest BCUT2D eigenvalue weighted by molar-refractivity contribution is -0.117. The van der Waals surface area contributed by atoms with Crippen LogP contribution in [0, 0.1) is 11.3 Å². The Hall–Kier alpha value is -0.630. The van der Waals surface area contributed by atoms with Gasteiger partial charge in [0.05, 0.1) is 6.10 Å². The van der Waals surface area contributed by atoms with Gasteiger partial charge in [-0.15, -0.1) is 0 Å². The number of carbonyl (C=O) groups is 1. The predicted octanol–water partition coefficient (Wildman–Crippen LogP) is 2.71. The highest BCUT2D eigenvalue weighted by atomic mass is 16.3. The van der Waals surface area contributed by atoms with E-state index in [9.17, 15) is 9.90 Å². The van der Waals surface area contributed by atoms with E-state index in [1.807, 2.05) is 0 Å². The van der Waals surface area contributed by atoms with Crippen LogP contribution >= 0.6 is 0 Å². The molecular formula is C13H22O2. The maximum Gasteiger partial charge on any atom is 0.129 e. The summed E-state index contributed by atoms with van der Waals surface area (Å²) in [4.78, 5) is 11.0. The molecule has 1 aliphatic carbocycles. The third-order valence-electron chi connectivity index (χ3n) is 3.77. The summed E-state index contributed by atoms with van der Waals surface area (Å²) in [6, 6.07) is 0. The van der Waals surface area contributed by atoms with Crippen molar-refractivity contribution in [1.82, 2.24) is 0 Å². The van der Waals surface area contributed by atoms with Crippen molar-refractivity contribution in [3.8, 4) is 0 Å². The molecule has 15 heavy (non-hydrogen) atoms. The molecule has 2 atom stereocenters. The molecule has 2 nitrogen and oxygen atoms in total. The lowest BCUT2D eigenvalue weighted by Gasteiger charge is -2.44. The van der Waals surface area contributed by atoms with E-state index >= 15 is 0 Å². The van der Waals surface area contributed by atoms with Crippen molar-refractivity contribution in [1.29, 1.82) is 0 Å². The number of hydrogen-bond acceptors (Lipinski definition) is 2. The maximum absolute atomic E-state index is 11.0. The summed E-state index contributed by atoms with van der Waals surface area (Å²) in [5.41, 5.74) is 1.07. The van der Waals surface area contributed by atoms with Crippen molar-refractivity contribution in [3.05, 3.63) is 12.2 Å². The fourth-order valence-electron chi connectivity index (χ4n) is 2.55. The summed E-state index contributed by atoms with van der Waals surface area (Å²) >= 11 is 0. The van der Waals surface area contributed by atoms with Crippen LogP contribution in [-0.4, -0.2) is 17.0 Å². The van der Waals surface area contributed by atoms with Crippen LogP contribution in [0.2, 0.25) is 0 Å². The van der Waals surface area contributed by atoms with E-state index in [0.717, 1.165) is 19.3 Å². The normalized spacial score (nSPS) is 30.3. The average Bonchev–Trinajstić information content (AvgIpc) is 2.11. The molecule has 0 aliphatic heterocycles. The number of hydrogen-bond donors (Lipinski definition) is 1. The molecule has 0 unspecified atom stereocenters. The zero-order valence-electron chi connectivity index (χ0n) is 10.0. The maximum atomic E-state index is 11.0. The van der Waals surface area contributed by atoms with Gasteiger partial charge in [-0.25, -0.2) is 0 Å². The third kappa shape index (κ3) is 2.69. The second-order valence-corrected chi connectivity index (χ2v) is 5.33. The molecule has 0 saturated heterocycles. The van der Waals surface area contributed by atoms with E-state index in [1.54, 1.807) is 6.92 Å². The quantitative estimate of drug-likeness (QED) is 0.727. The van der Waals surface area contributed by atoms with Crippen LogP contribution in [0.15, 0.2) is 12.2 Å². The Bertz CT molecular complexity index is 266. The van der Waals surface area contributed by atoms with Gasteiger partial charge in [0.15, 0.2) is 0 Å². The molecule has 0 bridgehead atoms. The van der Waals surface area contributed by atoms with E-state index in [2.05, 4.69) is 20.4 Å². The van der Waals surface area contributed by atoms with E-state index in [0.29, 0.717) is 6.42 Å². The molecule has 1 fully saturated rings. The van der Waals surface area contributed by atoms with Gasteiger partial charge in [0.25, 0.3) is 0 Å². The van der Waals surface area contributed by atoms with E-state index in [4.69, 9.17) is 0 Å². The van der Waals surface area contributed by atoms with Gasteiger partial charge in [-0.2, -0.15) is 0 Å². The highest BCUT2D eigenvalue weighted by Gasteiger charge is 2.40. The van der Waals surface area contributed by atoms with Gasteiger partial charge in [-0.3, -0.25) is 0 Å². The van der Waals surface area contributed by atoms with Gasteiger partial charge in [0.2, 0.25) is 0 Å². The molecule has 0 aromatic heterocycles. The van der Waals surface area contributed by atoms with Crippen LogP contribution in [0.1, 0.15) is 46.5 Å². The molecule has 0 radical (unpaired) electrons. The zero-order chi connectivity index (χ0) is 11.6. The van der Waals surface area contributed by atoms with Gasteiger partial charge < -0.3 is 9.90 Å². The summed E-state index contributed by atoms with van der Waals surface area (Å²) in [7, 11) is 0. The average molecular weight is 210 g/mol. The predicted molar refractivity (Wildman–Crippen MR) is 61.6 cm³/mol. The number of carbonyl (C=O) groups excluding carboxylic acids is 1. The van der Waals surface area contributed by atoms with Crippen molar-refractivity contribution in [3.63, 3.8) is 0 Å². The van der Waals surface area contributed by atoms with E-state index < -0.39 is 0 Å². The first-order chi connectivity index (χ1) is 6.85. The molecule has 1 N–H and O–H groups in total. The van der Waals surface area contributed by atoms with Crippen LogP contribution in [0.5, 0.6) is 0 Å². The lowest BCUT2D eigenvalue weighted by Crippen LogP contribution is -2.41. The Morgan fingerprint density at radius 1 is 1.60 bits per heavy atom. The molecule has 0 heterocycles. The van der Waals surface area contributed by atoms with Gasteiger partial charge in [0.1, 0.15) is 5.78 Å². The van der Waals surface area contributed by atoms with Crippen molar-refractivity contribution < 1.29 is 9.90 Å². The summed E-state index contributed by atoms with van der Waals surface area (Å²) in [5, 5.41) is 9.96. The fourth-order valence-corrected chi connectivity index (χ4v) is 2.55. The highest BCUT2D eigenvalue weighted by molar-refractivity contribution is 5.75. The second-order valence-electron chi connectivity index (χ2n) is 5.33. The Labute approximate surface area is 92.4 Å². The first-order valence-electron chi connectivity index (χ1n) is 5.71. The fraction of sp³-hybridized carbons (Fsp3) is 0.769. The minimum absolute atomic E-state index is 0.134. The van der Waals surface area contributed by atoms with Crippen molar-refractivity contribution in [2.24, 2.45) is 11.3 Å². The largest absolute Gasteiger partial charge is 0.393 e. The van der Waals surface area contributed by atoms with Gasteiger partial charge >= 0.3 is 0 Å². The van der Waals surface area contributed by atoms with Crippen molar-refractivity contribution >= 4 is 5.78 Å². The minimum Gasteiger partial charge on any atom is -0.393 e. The van der Waals surface area contributed by atoms with Crippen LogP contribution in [0.25, 0.3) is 0 Å². The molecule has 1 saturated carbocycles. The topological polar surface area (TPSA) is 37.3 Å². The highest BCUT2D eigenvalue weighted by Crippen LogP contribution is 2.45. The number of allylic oxidation sites excluding steroid dienone is 1. The van der Waals surface area contributed by atoms with Gasteiger partial charge in [-0.1, -0.05) is 26.0 Å². The molecule has 0 amide bonds. The molecular weight excluding hydrogens is 188 g/mol. The molecule has 2 heteroatoms. The van der Waals surface area contributed by atoms with E-state index in [1.165, 1.54) is 5.57 Å². The molecule has 0 aromatic carbocycles. The van der Waals surface area contributed by atoms with E-state index in [-0.39, 0.29) is 23.2 Å². The summed E-state index contributed by atoms with van der Waals surface area (Å²) in [5.74, 6) is 0.504. The standard InChI is InChI=1S/C13H22O2/c1-9-5-8-12(15)13(3,4)11(9)7-6-10(2)14/h11-12,15H,1,5-8H2,2-4H3/t11-,12+/m1/s1. The molecule has 0 aromatic rings. The summed E-state index contributed by atoms with van der Waals surface area (Å²) in [6.45, 7) is 9.85. The molecule has 1 rings (SSSR count).